The Labute approximate surface area is 104 Å². The van der Waals surface area contributed by atoms with Gasteiger partial charge in [-0.25, -0.2) is 0 Å². The van der Waals surface area contributed by atoms with Crippen molar-refractivity contribution in [3.05, 3.63) is 35.4 Å². The van der Waals surface area contributed by atoms with E-state index in [0.29, 0.717) is 12.5 Å². The molecule has 0 aliphatic heterocycles. The predicted molar refractivity (Wildman–Crippen MR) is 70.9 cm³/mol. The van der Waals surface area contributed by atoms with Gasteiger partial charge < -0.3 is 10.6 Å². The average Bonchev–Trinajstić information content (AvgIpc) is 2.34. The number of rotatable bonds is 6. The van der Waals surface area contributed by atoms with Crippen LogP contribution < -0.4 is 10.6 Å². The van der Waals surface area contributed by atoms with E-state index in [1.807, 2.05) is 0 Å². The normalized spacial score (nSPS) is 12.2. The zero-order chi connectivity index (χ0) is 12.7. The third-order valence-corrected chi connectivity index (χ3v) is 2.89. The Kier molecular flexibility index (Phi) is 5.70. The van der Waals surface area contributed by atoms with E-state index >= 15 is 0 Å². The SMILES string of the molecule is CNC(=O)CCCNC(C)c1ccc(C)cc1. The van der Waals surface area contributed by atoms with Gasteiger partial charge in [-0.3, -0.25) is 4.79 Å². The van der Waals surface area contributed by atoms with Crippen LogP contribution in [0.4, 0.5) is 0 Å². The topological polar surface area (TPSA) is 41.1 Å². The Bertz CT molecular complexity index is 346. The number of hydrogen-bond donors (Lipinski definition) is 2. The number of carbonyl (C=O) groups is 1. The quantitative estimate of drug-likeness (QED) is 0.741. The molecule has 0 saturated carbocycles. The minimum atomic E-state index is 0.106. The molecule has 0 aliphatic rings. The fraction of sp³-hybridized carbons (Fsp3) is 0.500. The zero-order valence-corrected chi connectivity index (χ0v) is 10.9. The highest BCUT2D eigenvalue weighted by atomic mass is 16.1. The molecule has 1 rings (SSSR count). The fourth-order valence-corrected chi connectivity index (χ4v) is 1.67. The Morgan fingerprint density at radius 3 is 2.53 bits per heavy atom. The molecule has 1 aromatic rings. The van der Waals surface area contributed by atoms with Crippen LogP contribution in [0.3, 0.4) is 0 Å². The largest absolute Gasteiger partial charge is 0.359 e. The Morgan fingerprint density at radius 1 is 1.29 bits per heavy atom. The summed E-state index contributed by atoms with van der Waals surface area (Å²) in [6.07, 6.45) is 1.46. The van der Waals surface area contributed by atoms with E-state index in [1.165, 1.54) is 11.1 Å². The summed E-state index contributed by atoms with van der Waals surface area (Å²) in [6.45, 7) is 5.10. The summed E-state index contributed by atoms with van der Waals surface area (Å²) in [5.41, 5.74) is 2.57. The molecule has 3 nitrogen and oxygen atoms in total. The molecule has 0 heterocycles. The molecule has 0 radical (unpaired) electrons. The van der Waals surface area contributed by atoms with E-state index < -0.39 is 0 Å². The van der Waals surface area contributed by atoms with Crippen molar-refractivity contribution < 1.29 is 4.79 Å². The van der Waals surface area contributed by atoms with E-state index in [4.69, 9.17) is 0 Å². The molecule has 17 heavy (non-hydrogen) atoms. The molecule has 1 unspecified atom stereocenters. The summed E-state index contributed by atoms with van der Waals surface area (Å²) in [5.74, 6) is 0.106. The number of aryl methyl sites for hydroxylation is 1. The van der Waals surface area contributed by atoms with Crippen LogP contribution in [0.2, 0.25) is 0 Å². The van der Waals surface area contributed by atoms with Crippen LogP contribution in [0.5, 0.6) is 0 Å². The Morgan fingerprint density at radius 2 is 1.94 bits per heavy atom. The van der Waals surface area contributed by atoms with E-state index in [9.17, 15) is 4.79 Å². The Balaban J connectivity index is 2.27. The van der Waals surface area contributed by atoms with Crippen molar-refractivity contribution in [2.45, 2.75) is 32.7 Å². The van der Waals surface area contributed by atoms with Gasteiger partial charge in [0.25, 0.3) is 0 Å². The standard InChI is InChI=1S/C14H22N2O/c1-11-6-8-13(9-7-11)12(2)16-10-4-5-14(17)15-3/h6-9,12,16H,4-5,10H2,1-3H3,(H,15,17). The van der Waals surface area contributed by atoms with Crippen molar-refractivity contribution in [2.24, 2.45) is 0 Å². The first-order valence-corrected chi connectivity index (χ1v) is 6.14. The van der Waals surface area contributed by atoms with Crippen LogP contribution in [0, 0.1) is 6.92 Å². The van der Waals surface area contributed by atoms with Gasteiger partial charge in [0.1, 0.15) is 0 Å². The van der Waals surface area contributed by atoms with Gasteiger partial charge in [0.2, 0.25) is 5.91 Å². The lowest BCUT2D eigenvalue weighted by atomic mass is 10.1. The van der Waals surface area contributed by atoms with Gasteiger partial charge in [-0.1, -0.05) is 29.8 Å². The van der Waals surface area contributed by atoms with Crippen LogP contribution in [-0.2, 0) is 4.79 Å². The number of hydrogen-bond acceptors (Lipinski definition) is 2. The average molecular weight is 234 g/mol. The predicted octanol–water partition coefficient (Wildman–Crippen LogP) is 2.17. The molecule has 0 bridgehead atoms. The molecule has 0 saturated heterocycles. The highest BCUT2D eigenvalue weighted by molar-refractivity contribution is 5.75. The van der Waals surface area contributed by atoms with Gasteiger partial charge >= 0.3 is 0 Å². The van der Waals surface area contributed by atoms with Gasteiger partial charge in [0.05, 0.1) is 0 Å². The molecule has 0 aliphatic carbocycles. The maximum absolute atomic E-state index is 11.0. The van der Waals surface area contributed by atoms with E-state index in [1.54, 1.807) is 7.05 Å². The monoisotopic (exact) mass is 234 g/mol. The first-order valence-electron chi connectivity index (χ1n) is 6.14. The molecular formula is C14H22N2O. The number of benzene rings is 1. The van der Waals surface area contributed by atoms with Crippen molar-refractivity contribution >= 4 is 5.91 Å². The van der Waals surface area contributed by atoms with Crippen LogP contribution >= 0.6 is 0 Å². The summed E-state index contributed by atoms with van der Waals surface area (Å²) in [6, 6.07) is 8.87. The van der Waals surface area contributed by atoms with Crippen LogP contribution in [0.1, 0.15) is 36.9 Å². The van der Waals surface area contributed by atoms with Crippen LogP contribution in [0.15, 0.2) is 24.3 Å². The number of amides is 1. The Hall–Kier alpha value is -1.35. The second-order valence-electron chi connectivity index (χ2n) is 4.36. The first-order chi connectivity index (χ1) is 8.13. The molecule has 3 heteroatoms. The number of carbonyl (C=O) groups excluding carboxylic acids is 1. The molecule has 2 N–H and O–H groups in total. The fourth-order valence-electron chi connectivity index (χ4n) is 1.67. The van der Waals surface area contributed by atoms with Crippen molar-refractivity contribution in [1.82, 2.24) is 10.6 Å². The third kappa shape index (κ3) is 5.00. The molecule has 0 aromatic heterocycles. The van der Waals surface area contributed by atoms with E-state index in [2.05, 4.69) is 48.7 Å². The van der Waals surface area contributed by atoms with Gasteiger partial charge in [-0.15, -0.1) is 0 Å². The molecule has 0 fully saturated rings. The zero-order valence-electron chi connectivity index (χ0n) is 10.9. The molecular weight excluding hydrogens is 212 g/mol. The second-order valence-corrected chi connectivity index (χ2v) is 4.36. The lowest BCUT2D eigenvalue weighted by molar-refractivity contribution is -0.120. The van der Waals surface area contributed by atoms with E-state index in [0.717, 1.165) is 13.0 Å². The van der Waals surface area contributed by atoms with Crippen molar-refractivity contribution in [3.63, 3.8) is 0 Å². The van der Waals surface area contributed by atoms with Crippen LogP contribution in [-0.4, -0.2) is 19.5 Å². The maximum Gasteiger partial charge on any atom is 0.219 e. The van der Waals surface area contributed by atoms with Crippen molar-refractivity contribution in [3.8, 4) is 0 Å². The lowest BCUT2D eigenvalue weighted by Gasteiger charge is -2.14. The molecule has 94 valence electrons. The van der Waals surface area contributed by atoms with Gasteiger partial charge in [-0.2, -0.15) is 0 Å². The summed E-state index contributed by atoms with van der Waals surface area (Å²) in [7, 11) is 1.67. The molecule has 1 amide bonds. The minimum Gasteiger partial charge on any atom is -0.359 e. The highest BCUT2D eigenvalue weighted by Gasteiger charge is 2.04. The van der Waals surface area contributed by atoms with Crippen LogP contribution in [0.25, 0.3) is 0 Å². The third-order valence-electron chi connectivity index (χ3n) is 2.89. The smallest absolute Gasteiger partial charge is 0.219 e. The minimum absolute atomic E-state index is 0.106. The van der Waals surface area contributed by atoms with E-state index in [-0.39, 0.29) is 5.91 Å². The van der Waals surface area contributed by atoms with Crippen molar-refractivity contribution in [2.75, 3.05) is 13.6 Å². The van der Waals surface area contributed by atoms with Gasteiger partial charge in [0, 0.05) is 19.5 Å². The van der Waals surface area contributed by atoms with Gasteiger partial charge in [0.15, 0.2) is 0 Å². The van der Waals surface area contributed by atoms with Crippen molar-refractivity contribution in [1.29, 1.82) is 0 Å². The lowest BCUT2D eigenvalue weighted by Crippen LogP contribution is -2.23. The molecule has 1 atom stereocenters. The molecule has 0 spiro atoms. The summed E-state index contributed by atoms with van der Waals surface area (Å²) >= 11 is 0. The summed E-state index contributed by atoms with van der Waals surface area (Å²) in [5, 5.41) is 6.04. The maximum atomic E-state index is 11.0. The highest BCUT2D eigenvalue weighted by Crippen LogP contribution is 2.12. The molecule has 1 aromatic carbocycles. The van der Waals surface area contributed by atoms with Gasteiger partial charge in [-0.05, 0) is 32.4 Å². The first kappa shape index (κ1) is 13.7. The number of nitrogens with one attached hydrogen (secondary N) is 2. The summed E-state index contributed by atoms with van der Waals surface area (Å²) < 4.78 is 0. The summed E-state index contributed by atoms with van der Waals surface area (Å²) in [4.78, 5) is 11.0. The second kappa shape index (κ2) is 7.07.